The van der Waals surface area contributed by atoms with Gasteiger partial charge in [0, 0.05) is 0 Å². The summed E-state index contributed by atoms with van der Waals surface area (Å²) in [5, 5.41) is 7.23. The van der Waals surface area contributed by atoms with E-state index in [4.69, 9.17) is 26.5 Å². The molecule has 3 aromatic rings. The zero-order valence-corrected chi connectivity index (χ0v) is 11.4. The molecule has 0 radical (unpaired) electrons. The van der Waals surface area contributed by atoms with Crippen molar-refractivity contribution in [2.45, 2.75) is 0 Å². The lowest BCUT2D eigenvalue weighted by atomic mass is 10.0. The molecule has 6 heteroatoms. The molecule has 3 rings (SSSR count). The number of furan rings is 1. The molecule has 0 aliphatic rings. The molecular weight excluding hydrogens is 278 g/mol. The number of nitrogens with zero attached hydrogens (tertiary/aromatic N) is 1. The number of benzene rings is 1. The van der Waals surface area contributed by atoms with Gasteiger partial charge < -0.3 is 14.9 Å². The quantitative estimate of drug-likeness (QED) is 0.772. The number of hydrogen-bond acceptors (Lipinski definition) is 4. The van der Waals surface area contributed by atoms with Gasteiger partial charge in [-0.1, -0.05) is 12.1 Å². The van der Waals surface area contributed by atoms with Crippen molar-refractivity contribution in [3.63, 3.8) is 0 Å². The number of halogens is 1. The summed E-state index contributed by atoms with van der Waals surface area (Å²) in [4.78, 5) is 0. The van der Waals surface area contributed by atoms with Gasteiger partial charge in [-0.3, -0.25) is 5.10 Å². The molecule has 3 N–H and O–H groups in total. The monoisotopic (exact) mass is 289 g/mol. The van der Waals surface area contributed by atoms with Crippen molar-refractivity contribution in [3.05, 3.63) is 41.6 Å². The van der Waals surface area contributed by atoms with E-state index in [1.165, 1.54) is 0 Å². The van der Waals surface area contributed by atoms with Crippen molar-refractivity contribution in [1.29, 1.82) is 0 Å². The average molecular weight is 290 g/mol. The van der Waals surface area contributed by atoms with Crippen LogP contribution in [0.4, 0.5) is 5.82 Å². The Hall–Kier alpha value is -2.40. The first-order valence-electron chi connectivity index (χ1n) is 5.93. The van der Waals surface area contributed by atoms with Crippen LogP contribution in [0.15, 0.2) is 40.8 Å². The molecule has 0 fully saturated rings. The van der Waals surface area contributed by atoms with Gasteiger partial charge in [-0.05, 0) is 41.4 Å². The van der Waals surface area contributed by atoms with Gasteiger partial charge in [0.05, 0.1) is 12.7 Å². The highest BCUT2D eigenvalue weighted by Crippen LogP contribution is 2.36. The third-order valence-electron chi connectivity index (χ3n) is 2.99. The average Bonchev–Trinajstić information content (AvgIpc) is 3.05. The first-order valence-corrected chi connectivity index (χ1v) is 6.31. The lowest BCUT2D eigenvalue weighted by Gasteiger charge is -2.04. The number of aromatic nitrogens is 2. The summed E-state index contributed by atoms with van der Waals surface area (Å²) in [7, 11) is 1.62. The molecule has 5 nitrogen and oxygen atoms in total. The van der Waals surface area contributed by atoms with Gasteiger partial charge in [-0.2, -0.15) is 5.10 Å². The van der Waals surface area contributed by atoms with Crippen LogP contribution in [-0.2, 0) is 0 Å². The second-order valence-electron chi connectivity index (χ2n) is 4.19. The minimum absolute atomic E-state index is 0.314. The van der Waals surface area contributed by atoms with Crippen molar-refractivity contribution in [3.8, 4) is 28.3 Å². The maximum Gasteiger partial charge on any atom is 0.194 e. The minimum atomic E-state index is 0.314. The summed E-state index contributed by atoms with van der Waals surface area (Å²) in [5.41, 5.74) is 8.33. The molecule has 0 unspecified atom stereocenters. The van der Waals surface area contributed by atoms with Gasteiger partial charge in [0.25, 0.3) is 0 Å². The number of rotatable bonds is 3. The van der Waals surface area contributed by atoms with Gasteiger partial charge in [-0.15, -0.1) is 0 Å². The summed E-state index contributed by atoms with van der Waals surface area (Å²) in [5.74, 6) is 1.76. The van der Waals surface area contributed by atoms with Gasteiger partial charge in [0.15, 0.2) is 16.8 Å². The predicted octanol–water partition coefficient (Wildman–Crippen LogP) is 3.58. The second-order valence-corrected chi connectivity index (χ2v) is 4.56. The van der Waals surface area contributed by atoms with Crippen molar-refractivity contribution >= 4 is 17.4 Å². The third-order valence-corrected chi connectivity index (χ3v) is 3.20. The predicted molar refractivity (Wildman–Crippen MR) is 77.7 cm³/mol. The van der Waals surface area contributed by atoms with E-state index in [0.717, 1.165) is 16.9 Å². The molecule has 0 aliphatic heterocycles. The number of H-pyrrole nitrogens is 1. The lowest BCUT2D eigenvalue weighted by molar-refractivity contribution is 0.415. The van der Waals surface area contributed by atoms with Gasteiger partial charge in [-0.25, -0.2) is 0 Å². The van der Waals surface area contributed by atoms with E-state index >= 15 is 0 Å². The van der Waals surface area contributed by atoms with E-state index in [-0.39, 0.29) is 0 Å². The summed E-state index contributed by atoms with van der Waals surface area (Å²) in [6.07, 6.45) is 0. The lowest BCUT2D eigenvalue weighted by Crippen LogP contribution is -1.89. The normalized spacial score (nSPS) is 10.7. The molecule has 0 aliphatic carbocycles. The van der Waals surface area contributed by atoms with E-state index in [1.807, 2.05) is 24.3 Å². The maximum atomic E-state index is 5.94. The van der Waals surface area contributed by atoms with E-state index < -0.39 is 0 Å². The summed E-state index contributed by atoms with van der Waals surface area (Å²) < 4.78 is 10.5. The number of nitrogens with one attached hydrogen (secondary N) is 1. The number of anilines is 1. The highest BCUT2D eigenvalue weighted by Gasteiger charge is 2.17. The van der Waals surface area contributed by atoms with Crippen LogP contribution in [0.25, 0.3) is 22.6 Å². The van der Waals surface area contributed by atoms with Crippen LogP contribution in [0.1, 0.15) is 0 Å². The molecule has 2 heterocycles. The van der Waals surface area contributed by atoms with E-state index in [0.29, 0.717) is 22.5 Å². The van der Waals surface area contributed by atoms with Crippen molar-refractivity contribution in [1.82, 2.24) is 10.2 Å². The van der Waals surface area contributed by atoms with Crippen LogP contribution >= 0.6 is 11.6 Å². The summed E-state index contributed by atoms with van der Waals surface area (Å²) >= 11 is 5.81. The molecular formula is C14H12ClN3O2. The highest BCUT2D eigenvalue weighted by molar-refractivity contribution is 6.29. The minimum Gasteiger partial charge on any atom is -0.497 e. The topological polar surface area (TPSA) is 77.1 Å². The second kappa shape index (κ2) is 4.94. The van der Waals surface area contributed by atoms with Crippen LogP contribution in [-0.4, -0.2) is 17.3 Å². The summed E-state index contributed by atoms with van der Waals surface area (Å²) in [6.45, 7) is 0. The summed E-state index contributed by atoms with van der Waals surface area (Å²) in [6, 6.07) is 11.0. The number of ether oxygens (including phenoxy) is 1. The Bertz CT molecular complexity index is 731. The van der Waals surface area contributed by atoms with Crippen LogP contribution in [0, 0.1) is 0 Å². The van der Waals surface area contributed by atoms with Gasteiger partial charge >= 0.3 is 0 Å². The zero-order valence-electron chi connectivity index (χ0n) is 10.7. The molecule has 0 atom stereocenters. The van der Waals surface area contributed by atoms with Crippen LogP contribution < -0.4 is 10.5 Å². The van der Waals surface area contributed by atoms with Crippen LogP contribution in [0.3, 0.4) is 0 Å². The van der Waals surface area contributed by atoms with E-state index in [2.05, 4.69) is 10.2 Å². The van der Waals surface area contributed by atoms with Crippen molar-refractivity contribution < 1.29 is 9.15 Å². The Kier molecular flexibility index (Phi) is 3.12. The molecule has 102 valence electrons. The first-order chi connectivity index (χ1) is 9.69. The maximum absolute atomic E-state index is 5.94. The van der Waals surface area contributed by atoms with Gasteiger partial charge in [0.1, 0.15) is 11.4 Å². The van der Waals surface area contributed by atoms with Crippen molar-refractivity contribution in [2.24, 2.45) is 0 Å². The molecule has 0 bridgehead atoms. The number of nitrogens with two attached hydrogens (primary N) is 1. The van der Waals surface area contributed by atoms with Gasteiger partial charge in [0.2, 0.25) is 0 Å². The largest absolute Gasteiger partial charge is 0.497 e. The third kappa shape index (κ3) is 2.12. The van der Waals surface area contributed by atoms with E-state index in [1.54, 1.807) is 19.2 Å². The Morgan fingerprint density at radius 1 is 1.20 bits per heavy atom. The Morgan fingerprint density at radius 3 is 2.55 bits per heavy atom. The Balaban J connectivity index is 2.10. The zero-order chi connectivity index (χ0) is 14.1. The van der Waals surface area contributed by atoms with Crippen LogP contribution in [0.5, 0.6) is 5.75 Å². The fourth-order valence-corrected chi connectivity index (χ4v) is 2.18. The number of hydrogen-bond donors (Lipinski definition) is 2. The molecule has 2 aromatic heterocycles. The van der Waals surface area contributed by atoms with Crippen LogP contribution in [0.2, 0.25) is 5.22 Å². The number of methoxy groups -OCH3 is 1. The Labute approximate surface area is 120 Å². The number of aromatic amines is 1. The first kappa shape index (κ1) is 12.6. The van der Waals surface area contributed by atoms with E-state index in [9.17, 15) is 0 Å². The Morgan fingerprint density at radius 2 is 1.95 bits per heavy atom. The fourth-order valence-electron chi connectivity index (χ4n) is 2.03. The van der Waals surface area contributed by atoms with Crippen molar-refractivity contribution in [2.75, 3.05) is 12.8 Å². The highest BCUT2D eigenvalue weighted by atomic mass is 35.5. The molecule has 0 saturated heterocycles. The molecule has 0 spiro atoms. The molecule has 0 saturated carbocycles. The molecule has 20 heavy (non-hydrogen) atoms. The molecule has 1 aromatic carbocycles. The number of nitrogen functional groups attached to an aromatic ring is 1. The fraction of sp³-hybridized carbons (Fsp3) is 0.0714. The molecule has 0 amide bonds. The SMILES string of the molecule is COc1ccc(-c2c(N)n[nH]c2-c2ccc(Cl)o2)cc1. The standard InChI is InChI=1S/C14H12ClN3O2/c1-19-9-4-2-8(3-5-9)12-13(17-18-14(12)16)10-6-7-11(15)20-10/h2-7H,1H3,(H3,16,17,18). The smallest absolute Gasteiger partial charge is 0.194 e.